The summed E-state index contributed by atoms with van der Waals surface area (Å²) in [7, 11) is 0. The van der Waals surface area contributed by atoms with Gasteiger partial charge in [0, 0.05) is 23.6 Å². The molecule has 1 aromatic heterocycles. The summed E-state index contributed by atoms with van der Waals surface area (Å²) in [6.07, 6.45) is 11.9. The minimum Gasteiger partial charge on any atom is -0.318 e. The largest absolute Gasteiger partial charge is 0.329 e. The molecule has 176 valence electrons. The van der Waals surface area contributed by atoms with Gasteiger partial charge in [-0.1, -0.05) is 18.2 Å². The van der Waals surface area contributed by atoms with E-state index in [1.165, 1.54) is 49.0 Å². The predicted molar refractivity (Wildman–Crippen MR) is 134 cm³/mol. The lowest BCUT2D eigenvalue weighted by atomic mass is 9.48. The highest BCUT2D eigenvalue weighted by Crippen LogP contribution is 2.60. The first-order chi connectivity index (χ1) is 16.4. The van der Waals surface area contributed by atoms with Crippen LogP contribution in [0.4, 0.5) is 4.79 Å². The number of urea groups is 1. The van der Waals surface area contributed by atoms with Crippen molar-refractivity contribution in [3.8, 4) is 5.69 Å². The van der Waals surface area contributed by atoms with Crippen LogP contribution in [0.15, 0.2) is 48.7 Å². The average molecular weight is 456 g/mol. The van der Waals surface area contributed by atoms with Crippen molar-refractivity contribution in [1.29, 1.82) is 0 Å². The van der Waals surface area contributed by atoms with E-state index in [1.54, 1.807) is 12.2 Å². The van der Waals surface area contributed by atoms with Crippen molar-refractivity contribution in [1.82, 2.24) is 14.8 Å². The number of aryl methyl sites for hydroxylation is 1. The summed E-state index contributed by atoms with van der Waals surface area (Å²) in [4.78, 5) is 25.9. The number of amides is 3. The first-order valence-electron chi connectivity index (χ1n) is 12.6. The molecule has 2 heterocycles. The lowest BCUT2D eigenvalue weighted by Crippen LogP contribution is -2.48. The third kappa shape index (κ3) is 3.28. The fourth-order valence-electron chi connectivity index (χ4n) is 7.78. The van der Waals surface area contributed by atoms with Crippen LogP contribution in [0, 0.1) is 31.6 Å². The summed E-state index contributed by atoms with van der Waals surface area (Å²) >= 11 is 0. The number of nitrogens with zero attached hydrogens (tertiary/aromatic N) is 2. The molecule has 5 fully saturated rings. The highest BCUT2D eigenvalue weighted by Gasteiger charge is 2.51. The molecule has 5 heteroatoms. The van der Waals surface area contributed by atoms with Crippen LogP contribution in [-0.2, 0) is 10.2 Å². The highest BCUT2D eigenvalue weighted by atomic mass is 16.2. The van der Waals surface area contributed by atoms with Gasteiger partial charge in [0.15, 0.2) is 0 Å². The second-order valence-electron chi connectivity index (χ2n) is 11.1. The molecule has 1 N–H and O–H groups in total. The quantitative estimate of drug-likeness (QED) is 0.360. The fourth-order valence-corrected chi connectivity index (χ4v) is 7.78. The number of hydrogen-bond donors (Lipinski definition) is 1. The van der Waals surface area contributed by atoms with Crippen molar-refractivity contribution in [3.05, 3.63) is 71.2 Å². The average Bonchev–Trinajstić information content (AvgIpc) is 3.22. The summed E-state index contributed by atoms with van der Waals surface area (Å²) in [6, 6.07) is 10.9. The van der Waals surface area contributed by atoms with Gasteiger partial charge in [-0.25, -0.2) is 4.79 Å². The zero-order chi connectivity index (χ0) is 23.6. The van der Waals surface area contributed by atoms with E-state index in [9.17, 15) is 9.59 Å². The monoisotopic (exact) mass is 455 g/mol. The zero-order valence-corrected chi connectivity index (χ0v) is 20.1. The molecule has 4 bridgehead atoms. The normalized spacial score (nSPS) is 30.9. The van der Waals surface area contributed by atoms with Gasteiger partial charge in [-0.3, -0.25) is 9.69 Å². The van der Waals surface area contributed by atoms with Crippen molar-refractivity contribution in [2.24, 2.45) is 17.8 Å². The van der Waals surface area contributed by atoms with E-state index in [0.29, 0.717) is 11.1 Å². The topological polar surface area (TPSA) is 54.3 Å². The number of hydrogen-bond acceptors (Lipinski definition) is 2. The number of nitrogens with one attached hydrogen (secondary N) is 1. The molecule has 5 nitrogen and oxygen atoms in total. The Labute approximate surface area is 201 Å². The van der Waals surface area contributed by atoms with E-state index in [2.05, 4.69) is 60.6 Å². The molecule has 0 radical (unpaired) electrons. The molecule has 3 amide bonds. The summed E-state index contributed by atoms with van der Waals surface area (Å²) in [5.74, 6) is 2.51. The van der Waals surface area contributed by atoms with Crippen molar-refractivity contribution < 1.29 is 9.59 Å². The Bertz CT molecular complexity index is 1180. The van der Waals surface area contributed by atoms with Crippen molar-refractivity contribution >= 4 is 18.0 Å². The number of imide groups is 1. The molecule has 7 rings (SSSR count). The number of carbonyl (C=O) groups excluding carboxylic acids is 2. The van der Waals surface area contributed by atoms with Gasteiger partial charge in [0.25, 0.3) is 5.91 Å². The number of rotatable bonds is 5. The van der Waals surface area contributed by atoms with E-state index in [0.717, 1.165) is 40.4 Å². The molecule has 1 saturated heterocycles. The minimum absolute atomic E-state index is 0.205. The maximum atomic E-state index is 12.6. The van der Waals surface area contributed by atoms with Gasteiger partial charge < -0.3 is 9.88 Å². The van der Waals surface area contributed by atoms with Gasteiger partial charge in [-0.05, 0) is 111 Å². The van der Waals surface area contributed by atoms with Crippen LogP contribution in [0.3, 0.4) is 0 Å². The Balaban J connectivity index is 1.29. The Morgan fingerprint density at radius 2 is 1.65 bits per heavy atom. The third-order valence-corrected chi connectivity index (χ3v) is 8.82. The summed E-state index contributed by atoms with van der Waals surface area (Å²) in [5, 5.41) is 2.69. The number of aromatic nitrogens is 1. The molecule has 1 aliphatic heterocycles. The van der Waals surface area contributed by atoms with E-state index in [4.69, 9.17) is 0 Å². The molecule has 4 saturated carbocycles. The fraction of sp³-hybridized carbons (Fsp3) is 0.448. The Morgan fingerprint density at radius 1 is 1.03 bits per heavy atom. The molecule has 0 atom stereocenters. The number of carbonyl (C=O) groups is 2. The van der Waals surface area contributed by atoms with Crippen LogP contribution in [0.1, 0.15) is 61.0 Å². The zero-order valence-electron chi connectivity index (χ0n) is 20.1. The van der Waals surface area contributed by atoms with Crippen molar-refractivity contribution in [2.75, 3.05) is 6.54 Å². The maximum Gasteiger partial charge on any atom is 0.329 e. The van der Waals surface area contributed by atoms with E-state index in [-0.39, 0.29) is 12.5 Å². The van der Waals surface area contributed by atoms with Crippen LogP contribution in [0.2, 0.25) is 0 Å². The van der Waals surface area contributed by atoms with Gasteiger partial charge in [0.05, 0.1) is 0 Å². The lowest BCUT2D eigenvalue weighted by Gasteiger charge is -2.57. The van der Waals surface area contributed by atoms with Crippen molar-refractivity contribution in [3.63, 3.8) is 0 Å². The standard InChI is InChI=1S/C29H33N3O2/c1-4-9-31-27(33)26(30-28(31)34)14-23-10-18(2)32(19(23)3)25-7-5-24(6-8-25)29-15-20-11-21(16-29)13-22(12-20)17-29/h4-8,10,14,20-22H,1,9,11-13,15-17H2,2-3H3,(H,30,34). The van der Waals surface area contributed by atoms with Crippen molar-refractivity contribution in [2.45, 2.75) is 57.8 Å². The first kappa shape index (κ1) is 21.5. The Kier molecular flexibility index (Phi) is 4.87. The molecule has 34 heavy (non-hydrogen) atoms. The van der Waals surface area contributed by atoms with E-state index in [1.807, 2.05) is 0 Å². The predicted octanol–water partition coefficient (Wildman–Crippen LogP) is 5.64. The van der Waals surface area contributed by atoms with Crippen LogP contribution in [-0.4, -0.2) is 28.0 Å². The van der Waals surface area contributed by atoms with E-state index < -0.39 is 6.03 Å². The second-order valence-corrected chi connectivity index (χ2v) is 11.1. The van der Waals surface area contributed by atoms with Gasteiger partial charge in [0.2, 0.25) is 0 Å². The van der Waals surface area contributed by atoms with Crippen LogP contribution >= 0.6 is 0 Å². The maximum absolute atomic E-state index is 12.6. The molecule has 1 aromatic carbocycles. The lowest BCUT2D eigenvalue weighted by molar-refractivity contribution is -0.122. The first-order valence-corrected chi connectivity index (χ1v) is 12.6. The molecule has 4 aliphatic carbocycles. The van der Waals surface area contributed by atoms with Crippen LogP contribution in [0.5, 0.6) is 0 Å². The molecule has 2 aromatic rings. The summed E-state index contributed by atoms with van der Waals surface area (Å²) in [6.45, 7) is 7.98. The van der Waals surface area contributed by atoms with Gasteiger partial charge in [-0.15, -0.1) is 6.58 Å². The summed E-state index contributed by atoms with van der Waals surface area (Å²) in [5.41, 5.74) is 6.48. The Morgan fingerprint density at radius 3 is 2.24 bits per heavy atom. The Hall–Kier alpha value is -3.08. The van der Waals surface area contributed by atoms with Gasteiger partial charge >= 0.3 is 6.03 Å². The number of benzene rings is 1. The van der Waals surface area contributed by atoms with Crippen LogP contribution in [0.25, 0.3) is 11.8 Å². The molecule has 0 spiro atoms. The summed E-state index contributed by atoms with van der Waals surface area (Å²) < 4.78 is 2.23. The molecular weight excluding hydrogens is 422 g/mol. The molecular formula is C29H33N3O2. The SMILES string of the molecule is C=CCN1C(=O)NC(=Cc2cc(C)n(-c3ccc(C45CC6CC(CC(C6)C4)C5)cc3)c2C)C1=O. The van der Waals surface area contributed by atoms with E-state index >= 15 is 0 Å². The van der Waals surface area contributed by atoms with Gasteiger partial charge in [-0.2, -0.15) is 0 Å². The molecule has 0 unspecified atom stereocenters. The van der Waals surface area contributed by atoms with Crippen LogP contribution < -0.4 is 5.32 Å². The second kappa shape index (κ2) is 7.72. The minimum atomic E-state index is -0.398. The van der Waals surface area contributed by atoms with Gasteiger partial charge in [0.1, 0.15) is 5.70 Å². The highest BCUT2D eigenvalue weighted by molar-refractivity contribution is 6.14. The smallest absolute Gasteiger partial charge is 0.318 e. The third-order valence-electron chi connectivity index (χ3n) is 8.82. The molecule has 5 aliphatic rings.